The Morgan fingerprint density at radius 1 is 1.36 bits per heavy atom. The third kappa shape index (κ3) is 3.90. The monoisotopic (exact) mass is 402 g/mol. The molecule has 1 aromatic carbocycles. The molecule has 1 aliphatic rings. The highest BCUT2D eigenvalue weighted by atomic mass is 32.1. The second-order valence-corrected chi connectivity index (χ2v) is 7.81. The molecule has 2 atom stereocenters. The smallest absolute Gasteiger partial charge is 0.329 e. The number of thiazole rings is 1. The van der Waals surface area contributed by atoms with Crippen molar-refractivity contribution in [2.75, 3.05) is 11.5 Å². The lowest BCUT2D eigenvalue weighted by Gasteiger charge is -2.37. The maximum atomic E-state index is 13.1. The van der Waals surface area contributed by atoms with Crippen molar-refractivity contribution in [1.82, 2.24) is 4.98 Å². The number of anilines is 1. The Morgan fingerprint density at radius 3 is 2.75 bits per heavy atom. The molecule has 0 bridgehead atoms. The summed E-state index contributed by atoms with van der Waals surface area (Å²) in [4.78, 5) is 31.9. The molecule has 2 unspecified atom stereocenters. The fraction of sp³-hybridized carbons (Fsp3) is 0.476. The number of aryl methyl sites for hydroxylation is 1. The van der Waals surface area contributed by atoms with Gasteiger partial charge in [0.05, 0.1) is 23.0 Å². The van der Waals surface area contributed by atoms with Crippen LogP contribution in [0.15, 0.2) is 23.6 Å². The largest absolute Gasteiger partial charge is 0.478 e. The van der Waals surface area contributed by atoms with E-state index in [1.165, 1.54) is 0 Å². The Kier molecular flexibility index (Phi) is 6.34. The van der Waals surface area contributed by atoms with Crippen molar-refractivity contribution >= 4 is 28.9 Å². The van der Waals surface area contributed by atoms with Crippen LogP contribution in [0.4, 0.5) is 5.69 Å². The fourth-order valence-corrected chi connectivity index (χ4v) is 3.89. The molecular weight excluding hydrogens is 376 g/mol. The standard InChI is InChI=1S/C21H26N2O4S/c1-5-10-26-21(25)16(6-2)23-17-11-14(15-12-28-13(4)22-15)8-9-19(17)27-18(7-3)20(23)24/h8-9,11-12,16,18H,5-7,10H2,1-4H3. The van der Waals surface area contributed by atoms with E-state index in [0.717, 1.165) is 22.7 Å². The van der Waals surface area contributed by atoms with Crippen molar-refractivity contribution in [2.24, 2.45) is 0 Å². The molecule has 1 amide bonds. The quantitative estimate of drug-likeness (QED) is 0.644. The minimum Gasteiger partial charge on any atom is -0.478 e. The molecule has 0 fully saturated rings. The molecule has 150 valence electrons. The van der Waals surface area contributed by atoms with Crippen LogP contribution in [0.5, 0.6) is 5.75 Å². The number of fused-ring (bicyclic) bond motifs is 1. The molecule has 2 aromatic rings. The molecule has 6 nitrogen and oxygen atoms in total. The molecular formula is C21H26N2O4S. The van der Waals surface area contributed by atoms with Crippen LogP contribution >= 0.6 is 11.3 Å². The van der Waals surface area contributed by atoms with Crippen LogP contribution in [0, 0.1) is 6.92 Å². The van der Waals surface area contributed by atoms with Gasteiger partial charge in [-0.3, -0.25) is 9.69 Å². The van der Waals surface area contributed by atoms with Crippen LogP contribution in [-0.4, -0.2) is 35.6 Å². The lowest BCUT2D eigenvalue weighted by Crippen LogP contribution is -2.53. The molecule has 1 aliphatic heterocycles. The Morgan fingerprint density at radius 2 is 2.14 bits per heavy atom. The van der Waals surface area contributed by atoms with Gasteiger partial charge >= 0.3 is 5.97 Å². The summed E-state index contributed by atoms with van der Waals surface area (Å²) in [6, 6.07) is 4.99. The molecule has 0 aliphatic carbocycles. The first-order chi connectivity index (χ1) is 13.5. The zero-order chi connectivity index (χ0) is 20.3. The van der Waals surface area contributed by atoms with E-state index in [1.54, 1.807) is 16.2 Å². The second kappa shape index (κ2) is 8.73. The number of ether oxygens (including phenoxy) is 2. The van der Waals surface area contributed by atoms with Gasteiger partial charge < -0.3 is 9.47 Å². The highest BCUT2D eigenvalue weighted by Crippen LogP contribution is 2.40. The first-order valence-electron chi connectivity index (χ1n) is 9.73. The molecule has 0 N–H and O–H groups in total. The summed E-state index contributed by atoms with van der Waals surface area (Å²) in [6.45, 7) is 8.02. The summed E-state index contributed by atoms with van der Waals surface area (Å²) in [5, 5.41) is 2.95. The van der Waals surface area contributed by atoms with Crippen molar-refractivity contribution < 1.29 is 19.1 Å². The van der Waals surface area contributed by atoms with Gasteiger partial charge in [0.25, 0.3) is 5.91 Å². The molecule has 7 heteroatoms. The van der Waals surface area contributed by atoms with E-state index < -0.39 is 12.1 Å². The van der Waals surface area contributed by atoms with Crippen molar-refractivity contribution in [3.05, 3.63) is 28.6 Å². The predicted molar refractivity (Wildman–Crippen MR) is 110 cm³/mol. The fourth-order valence-electron chi connectivity index (χ4n) is 3.27. The van der Waals surface area contributed by atoms with E-state index in [0.29, 0.717) is 30.9 Å². The van der Waals surface area contributed by atoms with Crippen molar-refractivity contribution in [1.29, 1.82) is 0 Å². The number of carbonyl (C=O) groups is 2. The minimum atomic E-state index is -0.678. The lowest BCUT2D eigenvalue weighted by molar-refractivity contribution is -0.147. The maximum absolute atomic E-state index is 13.1. The van der Waals surface area contributed by atoms with Crippen LogP contribution in [0.3, 0.4) is 0 Å². The molecule has 0 saturated carbocycles. The van der Waals surface area contributed by atoms with Gasteiger partial charge in [-0.25, -0.2) is 9.78 Å². The van der Waals surface area contributed by atoms with Crippen LogP contribution in [-0.2, 0) is 14.3 Å². The topological polar surface area (TPSA) is 68.7 Å². The normalized spacial score (nSPS) is 17.1. The molecule has 1 aromatic heterocycles. The Hall–Kier alpha value is -2.41. The molecule has 0 radical (unpaired) electrons. The first kappa shape index (κ1) is 20.3. The molecule has 0 spiro atoms. The van der Waals surface area contributed by atoms with Gasteiger partial charge in [-0.1, -0.05) is 20.8 Å². The van der Waals surface area contributed by atoms with E-state index in [1.807, 2.05) is 51.3 Å². The van der Waals surface area contributed by atoms with Gasteiger partial charge in [-0.05, 0) is 44.4 Å². The summed E-state index contributed by atoms with van der Waals surface area (Å²) < 4.78 is 11.3. The number of amides is 1. The van der Waals surface area contributed by atoms with Gasteiger partial charge in [0.2, 0.25) is 0 Å². The average molecular weight is 403 g/mol. The molecule has 2 heterocycles. The van der Waals surface area contributed by atoms with Gasteiger partial charge in [-0.15, -0.1) is 11.3 Å². The number of nitrogens with zero attached hydrogens (tertiary/aromatic N) is 2. The van der Waals surface area contributed by atoms with Crippen LogP contribution in [0.25, 0.3) is 11.3 Å². The number of benzene rings is 1. The number of carbonyl (C=O) groups excluding carboxylic acids is 2. The summed E-state index contributed by atoms with van der Waals surface area (Å²) >= 11 is 1.57. The summed E-state index contributed by atoms with van der Waals surface area (Å²) in [5.41, 5.74) is 2.33. The van der Waals surface area contributed by atoms with Gasteiger partial charge in [0, 0.05) is 10.9 Å². The summed E-state index contributed by atoms with van der Waals surface area (Å²) in [5.74, 6) is 0.0149. The molecule has 0 saturated heterocycles. The highest BCUT2D eigenvalue weighted by Gasteiger charge is 2.40. The summed E-state index contributed by atoms with van der Waals surface area (Å²) in [7, 11) is 0. The van der Waals surface area contributed by atoms with Crippen molar-refractivity contribution in [3.8, 4) is 17.0 Å². The van der Waals surface area contributed by atoms with E-state index in [9.17, 15) is 9.59 Å². The number of esters is 1. The average Bonchev–Trinajstić information content (AvgIpc) is 3.14. The van der Waals surface area contributed by atoms with E-state index >= 15 is 0 Å². The minimum absolute atomic E-state index is 0.207. The molecule has 28 heavy (non-hydrogen) atoms. The van der Waals surface area contributed by atoms with Gasteiger partial charge in [-0.2, -0.15) is 0 Å². The van der Waals surface area contributed by atoms with Crippen molar-refractivity contribution in [3.63, 3.8) is 0 Å². The van der Waals surface area contributed by atoms with Gasteiger partial charge in [0.1, 0.15) is 11.8 Å². The van der Waals surface area contributed by atoms with Crippen LogP contribution < -0.4 is 9.64 Å². The first-order valence-corrected chi connectivity index (χ1v) is 10.6. The highest BCUT2D eigenvalue weighted by molar-refractivity contribution is 7.09. The Bertz CT molecular complexity index is 864. The van der Waals surface area contributed by atoms with Gasteiger partial charge in [0.15, 0.2) is 6.10 Å². The van der Waals surface area contributed by atoms with E-state index in [4.69, 9.17) is 9.47 Å². The SMILES string of the molecule is CCCOC(=O)C(CC)N1C(=O)C(CC)Oc2ccc(-c3csc(C)n3)cc21. The third-order valence-electron chi connectivity index (χ3n) is 4.71. The number of aromatic nitrogens is 1. The zero-order valence-electron chi connectivity index (χ0n) is 16.7. The number of hydrogen-bond donors (Lipinski definition) is 0. The number of hydrogen-bond acceptors (Lipinski definition) is 6. The Labute approximate surface area is 169 Å². The molecule has 3 rings (SSSR count). The maximum Gasteiger partial charge on any atom is 0.329 e. The second-order valence-electron chi connectivity index (χ2n) is 6.75. The lowest BCUT2D eigenvalue weighted by atomic mass is 10.0. The number of rotatable bonds is 7. The third-order valence-corrected chi connectivity index (χ3v) is 5.48. The predicted octanol–water partition coefficient (Wildman–Crippen LogP) is 4.35. The Balaban J connectivity index is 2.05. The van der Waals surface area contributed by atoms with Crippen LogP contribution in [0.1, 0.15) is 45.0 Å². The van der Waals surface area contributed by atoms with Crippen molar-refractivity contribution in [2.45, 2.75) is 59.1 Å². The summed E-state index contributed by atoms with van der Waals surface area (Å²) in [6.07, 6.45) is 1.13. The van der Waals surface area contributed by atoms with E-state index in [2.05, 4.69) is 4.98 Å². The van der Waals surface area contributed by atoms with Crippen LogP contribution in [0.2, 0.25) is 0 Å². The zero-order valence-corrected chi connectivity index (χ0v) is 17.5. The van der Waals surface area contributed by atoms with E-state index in [-0.39, 0.29) is 11.9 Å².